The fourth-order valence-corrected chi connectivity index (χ4v) is 6.28. The maximum atomic E-state index is 13.2. The molecular formula is C35H41N5O4S. The molecule has 10 heteroatoms. The third kappa shape index (κ3) is 7.86. The molecule has 2 heterocycles. The summed E-state index contributed by atoms with van der Waals surface area (Å²) in [7, 11) is 1.66. The van der Waals surface area contributed by atoms with E-state index in [0.29, 0.717) is 50.4 Å². The van der Waals surface area contributed by atoms with Crippen molar-refractivity contribution in [2.75, 3.05) is 39.1 Å². The van der Waals surface area contributed by atoms with Crippen molar-refractivity contribution in [1.29, 1.82) is 0 Å². The van der Waals surface area contributed by atoms with Gasteiger partial charge in [0.05, 0.1) is 19.4 Å². The Balaban J connectivity index is 1.15. The van der Waals surface area contributed by atoms with Gasteiger partial charge in [-0.3, -0.25) is 14.2 Å². The molecule has 4 aromatic rings. The number of hydrogen-bond donors (Lipinski definition) is 0. The van der Waals surface area contributed by atoms with Gasteiger partial charge in [0, 0.05) is 49.0 Å². The number of methoxy groups -OCH3 is 1. The Kier molecular flexibility index (Phi) is 11.1. The van der Waals surface area contributed by atoms with Crippen molar-refractivity contribution in [1.82, 2.24) is 24.6 Å². The number of carbonyl (C=O) groups is 2. The van der Waals surface area contributed by atoms with E-state index >= 15 is 0 Å². The van der Waals surface area contributed by atoms with E-state index in [4.69, 9.17) is 9.47 Å². The van der Waals surface area contributed by atoms with Gasteiger partial charge >= 0.3 is 0 Å². The first-order valence-electron chi connectivity index (χ1n) is 15.6. The van der Waals surface area contributed by atoms with Crippen molar-refractivity contribution in [3.05, 3.63) is 84.4 Å². The van der Waals surface area contributed by atoms with Crippen molar-refractivity contribution in [2.45, 2.75) is 50.7 Å². The van der Waals surface area contributed by atoms with Crippen LogP contribution in [0.5, 0.6) is 11.5 Å². The van der Waals surface area contributed by atoms with Gasteiger partial charge in [0.15, 0.2) is 11.0 Å². The Bertz CT molecular complexity index is 1560. The molecule has 236 valence electrons. The molecule has 0 saturated carbocycles. The van der Waals surface area contributed by atoms with Gasteiger partial charge < -0.3 is 19.3 Å². The summed E-state index contributed by atoms with van der Waals surface area (Å²) in [5, 5.41) is 9.77. The number of thioether (sulfide) groups is 1. The molecule has 0 aliphatic carbocycles. The molecule has 45 heavy (non-hydrogen) atoms. The molecule has 5 rings (SSSR count). The standard InChI is InChI=1S/C35H41N5O4S/c1-4-5-23-44-29-19-17-28(18-20-29)34(42)39-22-21-38(25-26(39)2)32(41)16-11-24-45-35-37-36-33(27-12-7-6-8-13-27)40(35)30-14-9-10-15-31(30)43-3/h6-10,12-15,17-20,26H,4-5,11,16,21-25H2,1-3H3. The molecule has 0 radical (unpaired) electrons. The van der Waals surface area contributed by atoms with Gasteiger partial charge in [0.2, 0.25) is 5.91 Å². The lowest BCUT2D eigenvalue weighted by molar-refractivity contribution is -0.133. The monoisotopic (exact) mass is 627 g/mol. The molecule has 9 nitrogen and oxygen atoms in total. The van der Waals surface area contributed by atoms with Crippen molar-refractivity contribution >= 4 is 23.6 Å². The number of aromatic nitrogens is 3. The van der Waals surface area contributed by atoms with E-state index in [2.05, 4.69) is 17.1 Å². The highest BCUT2D eigenvalue weighted by atomic mass is 32.2. The maximum absolute atomic E-state index is 13.2. The van der Waals surface area contributed by atoms with Crippen molar-refractivity contribution < 1.29 is 19.1 Å². The third-order valence-corrected chi connectivity index (χ3v) is 8.88. The minimum absolute atomic E-state index is 0.0138. The third-order valence-electron chi connectivity index (χ3n) is 7.87. The normalized spacial score (nSPS) is 14.8. The number of unbranched alkanes of at least 4 members (excludes halogenated alkanes) is 1. The number of nitrogens with zero attached hydrogens (tertiary/aromatic N) is 5. The molecule has 3 aromatic carbocycles. The summed E-state index contributed by atoms with van der Waals surface area (Å²) in [4.78, 5) is 30.1. The van der Waals surface area contributed by atoms with E-state index in [1.165, 1.54) is 0 Å². The van der Waals surface area contributed by atoms with Crippen LogP contribution in [-0.4, -0.2) is 81.5 Å². The second-order valence-electron chi connectivity index (χ2n) is 11.0. The molecule has 0 spiro atoms. The number of rotatable bonds is 13. The van der Waals surface area contributed by atoms with Crippen molar-refractivity contribution in [3.63, 3.8) is 0 Å². The lowest BCUT2D eigenvalue weighted by Crippen LogP contribution is -2.55. The van der Waals surface area contributed by atoms with E-state index in [1.54, 1.807) is 18.9 Å². The van der Waals surface area contributed by atoms with Gasteiger partial charge in [-0.25, -0.2) is 0 Å². The topological polar surface area (TPSA) is 89.8 Å². The van der Waals surface area contributed by atoms with Crippen LogP contribution in [0.25, 0.3) is 17.1 Å². The second-order valence-corrected chi connectivity index (χ2v) is 12.1. The number of para-hydroxylation sites is 2. The van der Waals surface area contributed by atoms with Crippen LogP contribution in [0.3, 0.4) is 0 Å². The molecule has 1 aliphatic rings. The Morgan fingerprint density at radius 1 is 0.933 bits per heavy atom. The summed E-state index contributed by atoms with van der Waals surface area (Å²) >= 11 is 1.58. The average molecular weight is 628 g/mol. The summed E-state index contributed by atoms with van der Waals surface area (Å²) in [6.45, 7) is 6.38. The summed E-state index contributed by atoms with van der Waals surface area (Å²) in [5.41, 5.74) is 2.45. The first-order chi connectivity index (χ1) is 22.0. The first-order valence-corrected chi connectivity index (χ1v) is 16.6. The number of hydrogen-bond acceptors (Lipinski definition) is 7. The number of carbonyl (C=O) groups excluding carboxylic acids is 2. The fraction of sp³-hybridized carbons (Fsp3) is 0.371. The first kappa shape index (κ1) is 32.1. The molecule has 0 bridgehead atoms. The number of ether oxygens (including phenoxy) is 2. The van der Waals surface area contributed by atoms with E-state index in [0.717, 1.165) is 46.6 Å². The maximum Gasteiger partial charge on any atom is 0.254 e. The molecule has 1 saturated heterocycles. The quantitative estimate of drug-likeness (QED) is 0.126. The molecule has 1 aliphatic heterocycles. The molecule has 0 N–H and O–H groups in total. The molecule has 1 fully saturated rings. The van der Waals surface area contributed by atoms with Gasteiger partial charge in [-0.2, -0.15) is 0 Å². The van der Waals surface area contributed by atoms with E-state index in [-0.39, 0.29) is 17.9 Å². The van der Waals surface area contributed by atoms with Crippen LogP contribution >= 0.6 is 11.8 Å². The zero-order chi connectivity index (χ0) is 31.6. The lowest BCUT2D eigenvalue weighted by atomic mass is 10.1. The molecule has 1 atom stereocenters. The summed E-state index contributed by atoms with van der Waals surface area (Å²) in [6.07, 6.45) is 3.21. The molecular weight excluding hydrogens is 586 g/mol. The predicted octanol–water partition coefficient (Wildman–Crippen LogP) is 6.37. The van der Waals surface area contributed by atoms with Crippen LogP contribution in [0.15, 0.2) is 84.0 Å². The number of piperazine rings is 1. The van der Waals surface area contributed by atoms with Crippen LogP contribution in [0.1, 0.15) is 49.9 Å². The Hall–Kier alpha value is -4.31. The zero-order valence-corrected chi connectivity index (χ0v) is 27.0. The smallest absolute Gasteiger partial charge is 0.254 e. The van der Waals surface area contributed by atoms with Crippen molar-refractivity contribution in [2.24, 2.45) is 0 Å². The SMILES string of the molecule is CCCCOc1ccc(C(=O)N2CCN(C(=O)CCCSc3nnc(-c4ccccc4)n3-c3ccccc3OC)CC2C)cc1. The van der Waals surface area contributed by atoms with E-state index < -0.39 is 0 Å². The molecule has 1 aromatic heterocycles. The number of amides is 2. The summed E-state index contributed by atoms with van der Waals surface area (Å²) in [5.74, 6) is 3.04. The van der Waals surface area contributed by atoms with Gasteiger partial charge in [-0.05, 0) is 56.2 Å². The van der Waals surface area contributed by atoms with E-state index in [9.17, 15) is 9.59 Å². The minimum Gasteiger partial charge on any atom is -0.495 e. The van der Waals surface area contributed by atoms with Crippen LogP contribution in [0, 0.1) is 0 Å². The highest BCUT2D eigenvalue weighted by Crippen LogP contribution is 2.33. The Morgan fingerprint density at radius 2 is 1.69 bits per heavy atom. The Morgan fingerprint density at radius 3 is 2.42 bits per heavy atom. The summed E-state index contributed by atoms with van der Waals surface area (Å²) in [6, 6.07) is 25.1. The van der Waals surface area contributed by atoms with Crippen molar-refractivity contribution in [3.8, 4) is 28.6 Å². The van der Waals surface area contributed by atoms with Crippen LogP contribution in [0.4, 0.5) is 0 Å². The predicted molar refractivity (Wildman–Crippen MR) is 177 cm³/mol. The minimum atomic E-state index is -0.0686. The number of benzene rings is 3. The van der Waals surface area contributed by atoms with Gasteiger partial charge in [-0.1, -0.05) is 67.6 Å². The van der Waals surface area contributed by atoms with Gasteiger partial charge in [-0.15, -0.1) is 10.2 Å². The average Bonchev–Trinajstić information content (AvgIpc) is 3.50. The molecule has 1 unspecified atom stereocenters. The van der Waals surface area contributed by atoms with Crippen LogP contribution in [0.2, 0.25) is 0 Å². The lowest BCUT2D eigenvalue weighted by Gasteiger charge is -2.40. The second kappa shape index (κ2) is 15.6. The fourth-order valence-electron chi connectivity index (χ4n) is 5.39. The van der Waals surface area contributed by atoms with Crippen LogP contribution in [-0.2, 0) is 4.79 Å². The molecule has 2 amide bonds. The van der Waals surface area contributed by atoms with E-state index in [1.807, 2.05) is 100 Å². The highest BCUT2D eigenvalue weighted by molar-refractivity contribution is 7.99. The zero-order valence-electron chi connectivity index (χ0n) is 26.2. The van der Waals surface area contributed by atoms with Gasteiger partial charge in [0.1, 0.15) is 11.5 Å². The highest BCUT2D eigenvalue weighted by Gasteiger charge is 2.30. The summed E-state index contributed by atoms with van der Waals surface area (Å²) < 4.78 is 13.4. The largest absolute Gasteiger partial charge is 0.495 e. The Labute approximate surface area is 269 Å². The van der Waals surface area contributed by atoms with Gasteiger partial charge in [0.25, 0.3) is 5.91 Å². The van der Waals surface area contributed by atoms with Crippen LogP contribution < -0.4 is 9.47 Å².